The van der Waals surface area contributed by atoms with Crippen LogP contribution in [0.1, 0.15) is 23.7 Å². The van der Waals surface area contributed by atoms with Crippen molar-refractivity contribution >= 4 is 11.6 Å². The Morgan fingerprint density at radius 1 is 1.57 bits per heavy atom. The molecule has 0 atom stereocenters. The van der Waals surface area contributed by atoms with Gasteiger partial charge in [-0.2, -0.15) is 0 Å². The van der Waals surface area contributed by atoms with Gasteiger partial charge in [0, 0.05) is 12.2 Å². The Morgan fingerprint density at radius 2 is 2.29 bits per heavy atom. The lowest BCUT2D eigenvalue weighted by Crippen LogP contribution is -2.24. The molecule has 14 heavy (non-hydrogen) atoms. The van der Waals surface area contributed by atoms with E-state index in [2.05, 4.69) is 5.32 Å². The molecular weight excluding hydrogens is 183 g/mol. The van der Waals surface area contributed by atoms with Gasteiger partial charge in [0.25, 0.3) is 5.91 Å². The van der Waals surface area contributed by atoms with E-state index in [4.69, 9.17) is 5.73 Å². The van der Waals surface area contributed by atoms with Crippen LogP contribution in [0.4, 0.5) is 10.1 Å². The summed E-state index contributed by atoms with van der Waals surface area (Å²) in [6.45, 7) is 2.55. The highest BCUT2D eigenvalue weighted by atomic mass is 19.1. The lowest BCUT2D eigenvalue weighted by atomic mass is 10.1. The number of nitrogens with one attached hydrogen (secondary N) is 1. The molecule has 0 aliphatic rings. The zero-order chi connectivity index (χ0) is 10.6. The molecule has 1 aromatic carbocycles. The van der Waals surface area contributed by atoms with E-state index in [0.717, 1.165) is 12.5 Å². The number of hydrogen-bond donors (Lipinski definition) is 2. The summed E-state index contributed by atoms with van der Waals surface area (Å²) in [5, 5.41) is 2.67. The fourth-order valence-corrected chi connectivity index (χ4v) is 1.07. The molecule has 3 nitrogen and oxygen atoms in total. The van der Waals surface area contributed by atoms with E-state index in [-0.39, 0.29) is 11.6 Å². The van der Waals surface area contributed by atoms with Crippen LogP contribution >= 0.6 is 0 Å². The number of amides is 1. The second-order valence-electron chi connectivity index (χ2n) is 2.99. The predicted octanol–water partition coefficient (Wildman–Crippen LogP) is 1.55. The van der Waals surface area contributed by atoms with E-state index >= 15 is 0 Å². The topological polar surface area (TPSA) is 55.1 Å². The standard InChI is InChI=1S/C10H13FN2O/c1-2-5-13-10(14)8-4-3-7(11)6-9(8)12/h3-4,6H,2,5,12H2,1H3,(H,13,14). The van der Waals surface area contributed by atoms with Crippen LogP contribution in [0.25, 0.3) is 0 Å². The maximum absolute atomic E-state index is 12.7. The van der Waals surface area contributed by atoms with Crippen LogP contribution in [-0.4, -0.2) is 12.5 Å². The number of rotatable bonds is 3. The number of carbonyl (C=O) groups is 1. The summed E-state index contributed by atoms with van der Waals surface area (Å²) >= 11 is 0. The molecule has 0 fully saturated rings. The minimum absolute atomic E-state index is 0.165. The summed E-state index contributed by atoms with van der Waals surface area (Å²) in [6.07, 6.45) is 0.854. The van der Waals surface area contributed by atoms with Gasteiger partial charge in [0.05, 0.1) is 5.56 Å². The molecule has 1 rings (SSSR count). The van der Waals surface area contributed by atoms with Gasteiger partial charge >= 0.3 is 0 Å². The summed E-state index contributed by atoms with van der Waals surface area (Å²) in [5.41, 5.74) is 5.98. The Labute approximate surface area is 82.1 Å². The molecule has 0 saturated carbocycles. The minimum Gasteiger partial charge on any atom is -0.398 e. The normalized spacial score (nSPS) is 9.86. The van der Waals surface area contributed by atoms with Crippen molar-refractivity contribution in [2.45, 2.75) is 13.3 Å². The molecule has 0 heterocycles. The molecule has 1 aromatic rings. The summed E-state index contributed by atoms with van der Waals surface area (Å²) in [6, 6.07) is 3.74. The van der Waals surface area contributed by atoms with Gasteiger partial charge in [-0.15, -0.1) is 0 Å². The van der Waals surface area contributed by atoms with Gasteiger partial charge < -0.3 is 11.1 Å². The maximum atomic E-state index is 12.7. The van der Waals surface area contributed by atoms with Crippen LogP contribution < -0.4 is 11.1 Å². The molecule has 0 aliphatic carbocycles. The SMILES string of the molecule is CCCNC(=O)c1ccc(F)cc1N. The number of nitrogens with two attached hydrogens (primary N) is 1. The van der Waals surface area contributed by atoms with Crippen molar-refractivity contribution in [3.63, 3.8) is 0 Å². The smallest absolute Gasteiger partial charge is 0.253 e. The third-order valence-corrected chi connectivity index (χ3v) is 1.79. The molecule has 0 unspecified atom stereocenters. The van der Waals surface area contributed by atoms with Crippen LogP contribution in [0.5, 0.6) is 0 Å². The van der Waals surface area contributed by atoms with Gasteiger partial charge in [0.15, 0.2) is 0 Å². The molecule has 0 spiro atoms. The second kappa shape index (κ2) is 4.60. The quantitative estimate of drug-likeness (QED) is 0.720. The first-order valence-corrected chi connectivity index (χ1v) is 4.48. The van der Waals surface area contributed by atoms with E-state index in [1.807, 2.05) is 6.92 Å². The highest BCUT2D eigenvalue weighted by Gasteiger charge is 2.08. The van der Waals surface area contributed by atoms with Gasteiger partial charge in [0.2, 0.25) is 0 Å². The average molecular weight is 196 g/mol. The third kappa shape index (κ3) is 2.45. The van der Waals surface area contributed by atoms with Crippen molar-refractivity contribution in [2.24, 2.45) is 0 Å². The minimum atomic E-state index is -0.436. The Balaban J connectivity index is 2.80. The van der Waals surface area contributed by atoms with Crippen LogP contribution in [-0.2, 0) is 0 Å². The van der Waals surface area contributed by atoms with E-state index in [1.165, 1.54) is 12.1 Å². The van der Waals surface area contributed by atoms with E-state index in [9.17, 15) is 9.18 Å². The molecular formula is C10H13FN2O. The first-order chi connectivity index (χ1) is 6.65. The van der Waals surface area contributed by atoms with Crippen LogP contribution in [0.15, 0.2) is 18.2 Å². The zero-order valence-electron chi connectivity index (χ0n) is 8.01. The van der Waals surface area contributed by atoms with Gasteiger partial charge in [0.1, 0.15) is 5.82 Å². The second-order valence-corrected chi connectivity index (χ2v) is 2.99. The van der Waals surface area contributed by atoms with E-state index < -0.39 is 5.82 Å². The van der Waals surface area contributed by atoms with Crippen molar-refractivity contribution in [1.82, 2.24) is 5.32 Å². The maximum Gasteiger partial charge on any atom is 0.253 e. The van der Waals surface area contributed by atoms with Gasteiger partial charge in [-0.3, -0.25) is 4.79 Å². The van der Waals surface area contributed by atoms with Crippen LogP contribution in [0, 0.1) is 5.82 Å². The molecule has 0 aromatic heterocycles. The number of hydrogen-bond acceptors (Lipinski definition) is 2. The molecule has 0 bridgehead atoms. The number of nitrogen functional groups attached to an aromatic ring is 1. The first-order valence-electron chi connectivity index (χ1n) is 4.48. The van der Waals surface area contributed by atoms with Crippen molar-refractivity contribution in [3.05, 3.63) is 29.6 Å². The summed E-state index contributed by atoms with van der Waals surface area (Å²) < 4.78 is 12.7. The molecule has 76 valence electrons. The van der Waals surface area contributed by atoms with Crippen molar-refractivity contribution in [3.8, 4) is 0 Å². The zero-order valence-corrected chi connectivity index (χ0v) is 8.01. The van der Waals surface area contributed by atoms with Gasteiger partial charge in [-0.05, 0) is 24.6 Å². The number of carbonyl (C=O) groups excluding carboxylic acids is 1. The van der Waals surface area contributed by atoms with Gasteiger partial charge in [-0.1, -0.05) is 6.92 Å². The van der Waals surface area contributed by atoms with E-state index in [1.54, 1.807) is 0 Å². The largest absolute Gasteiger partial charge is 0.398 e. The average Bonchev–Trinajstić information content (AvgIpc) is 2.14. The molecule has 3 N–H and O–H groups in total. The summed E-state index contributed by atoms with van der Waals surface area (Å²) in [5.74, 6) is -0.695. The Bertz CT molecular complexity index is 339. The third-order valence-electron chi connectivity index (χ3n) is 1.79. The molecule has 1 amide bonds. The molecule has 0 radical (unpaired) electrons. The van der Waals surface area contributed by atoms with Crippen molar-refractivity contribution in [2.75, 3.05) is 12.3 Å². The van der Waals surface area contributed by atoms with Crippen molar-refractivity contribution < 1.29 is 9.18 Å². The Hall–Kier alpha value is -1.58. The van der Waals surface area contributed by atoms with Crippen LogP contribution in [0.2, 0.25) is 0 Å². The number of anilines is 1. The summed E-state index contributed by atoms with van der Waals surface area (Å²) in [4.78, 5) is 11.4. The predicted molar refractivity (Wildman–Crippen MR) is 53.4 cm³/mol. The Morgan fingerprint density at radius 3 is 2.86 bits per heavy atom. The number of benzene rings is 1. The fourth-order valence-electron chi connectivity index (χ4n) is 1.07. The van der Waals surface area contributed by atoms with Gasteiger partial charge in [-0.25, -0.2) is 4.39 Å². The first kappa shape index (κ1) is 10.5. The molecule has 0 aliphatic heterocycles. The highest BCUT2D eigenvalue weighted by Crippen LogP contribution is 2.12. The summed E-state index contributed by atoms with van der Waals surface area (Å²) in [7, 11) is 0. The van der Waals surface area contributed by atoms with E-state index in [0.29, 0.717) is 12.1 Å². The molecule has 4 heteroatoms. The fraction of sp³-hybridized carbons (Fsp3) is 0.300. The van der Waals surface area contributed by atoms with Crippen molar-refractivity contribution in [1.29, 1.82) is 0 Å². The Kier molecular flexibility index (Phi) is 3.45. The van der Waals surface area contributed by atoms with Crippen LogP contribution in [0.3, 0.4) is 0 Å². The lowest BCUT2D eigenvalue weighted by Gasteiger charge is -2.05. The lowest BCUT2D eigenvalue weighted by molar-refractivity contribution is 0.0954. The number of halogens is 1. The highest BCUT2D eigenvalue weighted by molar-refractivity contribution is 5.99. The molecule has 0 saturated heterocycles. The monoisotopic (exact) mass is 196 g/mol.